The fraction of sp³-hybridized carbons (Fsp3) is 0.348. The first-order valence-corrected chi connectivity index (χ1v) is 11.2. The Morgan fingerprint density at radius 3 is 2.55 bits per heavy atom. The van der Waals surface area contributed by atoms with Gasteiger partial charge in [-0.25, -0.2) is 13.8 Å². The van der Waals surface area contributed by atoms with E-state index in [4.69, 9.17) is 0 Å². The lowest BCUT2D eigenvalue weighted by Crippen LogP contribution is -2.43. The van der Waals surface area contributed by atoms with Gasteiger partial charge < -0.3 is 4.90 Å². The van der Waals surface area contributed by atoms with E-state index in [0.29, 0.717) is 35.8 Å². The van der Waals surface area contributed by atoms with Crippen molar-refractivity contribution in [3.63, 3.8) is 0 Å². The molecule has 1 aliphatic heterocycles. The molecule has 2 aromatic carbocycles. The minimum Gasteiger partial charge on any atom is -0.341 e. The van der Waals surface area contributed by atoms with Gasteiger partial charge in [-0.1, -0.05) is 37.7 Å². The number of piperidine rings is 1. The van der Waals surface area contributed by atoms with Crippen molar-refractivity contribution in [1.29, 1.82) is 0 Å². The van der Waals surface area contributed by atoms with Crippen LogP contribution in [-0.4, -0.2) is 39.2 Å². The summed E-state index contributed by atoms with van der Waals surface area (Å²) in [7, 11) is 0. The maximum absolute atomic E-state index is 14.6. The van der Waals surface area contributed by atoms with E-state index in [-0.39, 0.29) is 22.5 Å². The van der Waals surface area contributed by atoms with Crippen molar-refractivity contribution in [2.45, 2.75) is 25.4 Å². The monoisotopic (exact) mass is 443 g/mol. The quantitative estimate of drug-likeness (QED) is 0.447. The number of fused-ring (bicyclic) bond motifs is 1. The molecule has 0 radical (unpaired) electrons. The Labute approximate surface area is 183 Å². The third-order valence-electron chi connectivity index (χ3n) is 5.44. The maximum atomic E-state index is 14.6. The summed E-state index contributed by atoms with van der Waals surface area (Å²) in [5, 5.41) is 0.515. The zero-order valence-electron chi connectivity index (χ0n) is 17.3. The summed E-state index contributed by atoms with van der Waals surface area (Å²) >= 11 is 1.09. The fourth-order valence-electron chi connectivity index (χ4n) is 4.17. The number of carbonyl (C=O) groups excluding carboxylic acids is 1. The molecule has 2 atom stereocenters. The Hall–Kier alpha value is -2.74. The van der Waals surface area contributed by atoms with E-state index in [2.05, 4.69) is 18.8 Å². The average molecular weight is 444 g/mol. The number of amides is 1. The number of likely N-dealkylation sites (tertiary alicyclic amines) is 1. The van der Waals surface area contributed by atoms with Gasteiger partial charge in [0.15, 0.2) is 5.16 Å². The number of nitrogens with zero attached hydrogens (tertiary/aromatic N) is 3. The molecule has 1 fully saturated rings. The number of benzene rings is 2. The molecule has 0 saturated carbocycles. The molecule has 2 heterocycles. The van der Waals surface area contributed by atoms with Gasteiger partial charge in [-0.3, -0.25) is 14.2 Å². The Kier molecular flexibility index (Phi) is 6.09. The molecule has 1 amide bonds. The number of thioether (sulfide) groups is 1. The van der Waals surface area contributed by atoms with Crippen molar-refractivity contribution in [2.24, 2.45) is 11.8 Å². The molecule has 1 aliphatic rings. The lowest BCUT2D eigenvalue weighted by molar-refractivity contribution is -0.130. The van der Waals surface area contributed by atoms with Crippen LogP contribution in [0.3, 0.4) is 0 Å². The molecule has 0 spiro atoms. The topological polar surface area (TPSA) is 55.2 Å². The van der Waals surface area contributed by atoms with Crippen LogP contribution in [0.15, 0.2) is 52.4 Å². The molecular weight excluding hydrogens is 420 g/mol. The molecule has 0 bridgehead atoms. The average Bonchev–Trinajstić information content (AvgIpc) is 2.72. The Balaban J connectivity index is 1.71. The van der Waals surface area contributed by atoms with Gasteiger partial charge in [-0.2, -0.15) is 0 Å². The Morgan fingerprint density at radius 2 is 1.84 bits per heavy atom. The van der Waals surface area contributed by atoms with Crippen molar-refractivity contribution in [2.75, 3.05) is 18.8 Å². The second-order valence-corrected chi connectivity index (χ2v) is 9.12. The molecule has 4 rings (SSSR count). The number of hydrogen-bond donors (Lipinski definition) is 0. The predicted octanol–water partition coefficient (Wildman–Crippen LogP) is 4.26. The number of rotatable bonds is 4. The molecule has 8 heteroatoms. The molecule has 1 saturated heterocycles. The highest BCUT2D eigenvalue weighted by Crippen LogP contribution is 2.25. The first-order valence-electron chi connectivity index (χ1n) is 10.2. The van der Waals surface area contributed by atoms with E-state index in [0.717, 1.165) is 34.9 Å². The standard InChI is InChI=1S/C23H23F2N3O2S/c1-14-9-15(2)12-27(11-14)21(29)13-31-23-26-19-6-4-3-5-17(19)22(30)28(23)20-8-7-16(24)10-18(20)25/h3-8,10,14-15H,9,11-13H2,1-2H3. The minimum absolute atomic E-state index is 0.0445. The van der Waals surface area contributed by atoms with Crippen LogP contribution in [0.4, 0.5) is 8.78 Å². The first-order chi connectivity index (χ1) is 14.8. The summed E-state index contributed by atoms with van der Waals surface area (Å²) < 4.78 is 29.1. The second-order valence-electron chi connectivity index (χ2n) is 8.18. The summed E-state index contributed by atoms with van der Waals surface area (Å²) in [6, 6.07) is 9.80. The van der Waals surface area contributed by atoms with Crippen LogP contribution in [0.5, 0.6) is 0 Å². The van der Waals surface area contributed by atoms with Crippen molar-refractivity contribution in [1.82, 2.24) is 14.5 Å². The lowest BCUT2D eigenvalue weighted by atomic mass is 9.92. The van der Waals surface area contributed by atoms with Gasteiger partial charge in [-0.05, 0) is 42.5 Å². The van der Waals surface area contributed by atoms with Crippen LogP contribution in [0, 0.1) is 23.5 Å². The van der Waals surface area contributed by atoms with Gasteiger partial charge in [0.05, 0.1) is 22.3 Å². The Morgan fingerprint density at radius 1 is 1.13 bits per heavy atom. The number of para-hydroxylation sites is 1. The molecule has 5 nitrogen and oxygen atoms in total. The van der Waals surface area contributed by atoms with Crippen molar-refractivity contribution in [3.8, 4) is 5.69 Å². The minimum atomic E-state index is -0.869. The summed E-state index contributed by atoms with van der Waals surface area (Å²) in [5.41, 5.74) is -0.104. The predicted molar refractivity (Wildman–Crippen MR) is 118 cm³/mol. The summed E-state index contributed by atoms with van der Waals surface area (Å²) in [5.74, 6) is -0.706. The fourth-order valence-corrected chi connectivity index (χ4v) is 5.08. The molecule has 0 aliphatic carbocycles. The largest absolute Gasteiger partial charge is 0.341 e. The van der Waals surface area contributed by atoms with E-state index in [1.807, 2.05) is 4.90 Å². The maximum Gasteiger partial charge on any atom is 0.266 e. The van der Waals surface area contributed by atoms with Crippen molar-refractivity contribution < 1.29 is 13.6 Å². The second kappa shape index (κ2) is 8.78. The van der Waals surface area contributed by atoms with Gasteiger partial charge >= 0.3 is 0 Å². The van der Waals surface area contributed by atoms with Crippen LogP contribution in [0.2, 0.25) is 0 Å². The SMILES string of the molecule is CC1CC(C)CN(C(=O)CSc2nc3ccccc3c(=O)n2-c2ccc(F)cc2F)C1. The highest BCUT2D eigenvalue weighted by Gasteiger charge is 2.26. The molecule has 2 unspecified atom stereocenters. The number of halogens is 2. The summed E-state index contributed by atoms with van der Waals surface area (Å²) in [6.45, 7) is 5.66. The third-order valence-corrected chi connectivity index (χ3v) is 6.37. The van der Waals surface area contributed by atoms with Gasteiger partial charge in [0.1, 0.15) is 11.6 Å². The van der Waals surface area contributed by atoms with E-state index in [1.165, 1.54) is 6.07 Å². The highest BCUT2D eigenvalue weighted by molar-refractivity contribution is 7.99. The van der Waals surface area contributed by atoms with E-state index >= 15 is 0 Å². The number of hydrogen-bond acceptors (Lipinski definition) is 4. The van der Waals surface area contributed by atoms with Crippen molar-refractivity contribution in [3.05, 3.63) is 64.5 Å². The first kappa shape index (κ1) is 21.5. The number of aromatic nitrogens is 2. The molecule has 31 heavy (non-hydrogen) atoms. The molecule has 3 aromatic rings. The Bertz CT molecular complexity index is 1190. The van der Waals surface area contributed by atoms with Crippen LogP contribution in [0.25, 0.3) is 16.6 Å². The summed E-state index contributed by atoms with van der Waals surface area (Å²) in [6.07, 6.45) is 1.09. The summed E-state index contributed by atoms with van der Waals surface area (Å²) in [4.78, 5) is 32.4. The van der Waals surface area contributed by atoms with E-state index in [1.54, 1.807) is 24.3 Å². The van der Waals surface area contributed by atoms with Gasteiger partial charge in [0, 0.05) is 19.2 Å². The molecular formula is C23H23F2N3O2S. The third kappa shape index (κ3) is 4.49. The van der Waals surface area contributed by atoms with E-state index in [9.17, 15) is 18.4 Å². The van der Waals surface area contributed by atoms with Gasteiger partial charge in [-0.15, -0.1) is 0 Å². The van der Waals surface area contributed by atoms with Crippen molar-refractivity contribution >= 4 is 28.6 Å². The smallest absolute Gasteiger partial charge is 0.266 e. The zero-order chi connectivity index (χ0) is 22.1. The zero-order valence-corrected chi connectivity index (χ0v) is 18.2. The van der Waals surface area contributed by atoms with Crippen LogP contribution in [-0.2, 0) is 4.79 Å². The molecule has 0 N–H and O–H groups in total. The van der Waals surface area contributed by atoms with Crippen LogP contribution < -0.4 is 5.56 Å². The van der Waals surface area contributed by atoms with E-state index < -0.39 is 17.2 Å². The lowest BCUT2D eigenvalue weighted by Gasteiger charge is -2.35. The van der Waals surface area contributed by atoms with Gasteiger partial charge in [0.25, 0.3) is 5.56 Å². The normalized spacial score (nSPS) is 19.0. The van der Waals surface area contributed by atoms with Crippen LogP contribution >= 0.6 is 11.8 Å². The molecule has 162 valence electrons. The van der Waals surface area contributed by atoms with Crippen LogP contribution in [0.1, 0.15) is 20.3 Å². The number of carbonyl (C=O) groups is 1. The molecule has 1 aromatic heterocycles. The van der Waals surface area contributed by atoms with Gasteiger partial charge in [0.2, 0.25) is 5.91 Å². The highest BCUT2D eigenvalue weighted by atomic mass is 32.2.